The lowest BCUT2D eigenvalue weighted by Crippen LogP contribution is -2.45. The summed E-state index contributed by atoms with van der Waals surface area (Å²) in [5.74, 6) is 1.12. The molecule has 3 aliphatic heterocycles. The quantitative estimate of drug-likeness (QED) is 0.566. The van der Waals surface area contributed by atoms with Crippen LogP contribution in [0.2, 0.25) is 5.02 Å². The molecule has 2 aromatic heterocycles. The van der Waals surface area contributed by atoms with Gasteiger partial charge in [-0.2, -0.15) is 0 Å². The highest BCUT2D eigenvalue weighted by atomic mass is 35.5. The second-order valence-electron chi connectivity index (χ2n) is 9.83. The van der Waals surface area contributed by atoms with Crippen LogP contribution in [0.5, 0.6) is 5.75 Å². The van der Waals surface area contributed by atoms with Gasteiger partial charge in [-0.1, -0.05) is 11.6 Å². The molecule has 0 saturated carbocycles. The van der Waals surface area contributed by atoms with E-state index < -0.39 is 5.60 Å². The second kappa shape index (κ2) is 8.07. The SMILES string of the molecule is CN1CC2CC1CN2c1ccc(Nc2nccc(-c3cnc4c(c3)OC(C)(C)C(=O)N4)n2)cc1Cl. The van der Waals surface area contributed by atoms with Crippen molar-refractivity contribution in [3.05, 3.63) is 47.7 Å². The maximum Gasteiger partial charge on any atom is 0.269 e. The molecular weight excluding hydrogens is 466 g/mol. The fourth-order valence-corrected chi connectivity index (χ4v) is 5.31. The van der Waals surface area contributed by atoms with Crippen LogP contribution in [0.1, 0.15) is 20.3 Å². The Hall–Kier alpha value is -3.43. The molecule has 35 heavy (non-hydrogen) atoms. The van der Waals surface area contributed by atoms with Gasteiger partial charge in [0, 0.05) is 48.8 Å². The largest absolute Gasteiger partial charge is 0.474 e. The molecule has 2 atom stereocenters. The molecule has 3 aromatic rings. The van der Waals surface area contributed by atoms with Crippen molar-refractivity contribution >= 4 is 40.6 Å². The van der Waals surface area contributed by atoms with Gasteiger partial charge in [0.25, 0.3) is 5.91 Å². The predicted octanol–water partition coefficient (Wildman–Crippen LogP) is 3.94. The number of anilines is 4. The maximum absolute atomic E-state index is 12.1. The van der Waals surface area contributed by atoms with E-state index in [1.807, 2.05) is 18.2 Å². The van der Waals surface area contributed by atoms with Gasteiger partial charge < -0.3 is 20.3 Å². The first-order chi connectivity index (χ1) is 16.8. The van der Waals surface area contributed by atoms with Crippen molar-refractivity contribution < 1.29 is 9.53 Å². The van der Waals surface area contributed by atoms with Gasteiger partial charge in [-0.25, -0.2) is 15.0 Å². The normalized spacial score (nSPS) is 22.5. The Morgan fingerprint density at radius 1 is 1.17 bits per heavy atom. The van der Waals surface area contributed by atoms with E-state index in [0.29, 0.717) is 40.3 Å². The first-order valence-electron chi connectivity index (χ1n) is 11.6. The van der Waals surface area contributed by atoms with Crippen LogP contribution in [0, 0.1) is 0 Å². The molecule has 2 fully saturated rings. The third-order valence-electron chi connectivity index (χ3n) is 6.98. The number of carbonyl (C=O) groups excluding carboxylic acids is 1. The van der Waals surface area contributed by atoms with E-state index in [1.54, 1.807) is 32.3 Å². The van der Waals surface area contributed by atoms with Crippen LogP contribution in [0.4, 0.5) is 23.1 Å². The third-order valence-corrected chi connectivity index (χ3v) is 7.28. The van der Waals surface area contributed by atoms with E-state index in [4.69, 9.17) is 16.3 Å². The number of amides is 1. The first kappa shape index (κ1) is 22.1. The highest BCUT2D eigenvalue weighted by Crippen LogP contribution is 2.39. The number of aromatic nitrogens is 3. The van der Waals surface area contributed by atoms with Gasteiger partial charge in [-0.15, -0.1) is 0 Å². The second-order valence-corrected chi connectivity index (χ2v) is 10.2. The smallest absolute Gasteiger partial charge is 0.269 e. The van der Waals surface area contributed by atoms with E-state index in [9.17, 15) is 4.79 Å². The number of hydrogen-bond donors (Lipinski definition) is 2. The maximum atomic E-state index is 12.1. The van der Waals surface area contributed by atoms with Gasteiger partial charge in [-0.3, -0.25) is 9.69 Å². The van der Waals surface area contributed by atoms with Crippen LogP contribution in [0.3, 0.4) is 0 Å². The number of nitrogens with one attached hydrogen (secondary N) is 2. The zero-order valence-electron chi connectivity index (χ0n) is 19.7. The van der Waals surface area contributed by atoms with Gasteiger partial charge in [-0.05, 0) is 57.6 Å². The number of piperazine rings is 1. The minimum atomic E-state index is -0.971. The minimum Gasteiger partial charge on any atom is -0.474 e. The number of rotatable bonds is 4. The van der Waals surface area contributed by atoms with Crippen LogP contribution >= 0.6 is 11.6 Å². The monoisotopic (exact) mass is 491 g/mol. The summed E-state index contributed by atoms with van der Waals surface area (Å²) in [4.78, 5) is 30.3. The number of halogens is 1. The Morgan fingerprint density at radius 2 is 2.03 bits per heavy atom. The Labute approximate surface area is 208 Å². The summed E-state index contributed by atoms with van der Waals surface area (Å²) in [5, 5.41) is 6.74. The highest BCUT2D eigenvalue weighted by Gasteiger charge is 2.42. The Bertz CT molecular complexity index is 1330. The topological polar surface area (TPSA) is 95.5 Å². The molecule has 2 N–H and O–H groups in total. The summed E-state index contributed by atoms with van der Waals surface area (Å²) in [6, 6.07) is 10.7. The number of pyridine rings is 1. The Morgan fingerprint density at radius 3 is 2.77 bits per heavy atom. The predicted molar refractivity (Wildman–Crippen MR) is 136 cm³/mol. The lowest BCUT2D eigenvalue weighted by molar-refractivity contribution is -0.129. The molecular formula is C25H26ClN7O2. The Balaban J connectivity index is 1.21. The number of carbonyl (C=O) groups is 1. The molecule has 9 nitrogen and oxygen atoms in total. The first-order valence-corrected chi connectivity index (χ1v) is 12.0. The van der Waals surface area contributed by atoms with E-state index >= 15 is 0 Å². The van der Waals surface area contributed by atoms with E-state index in [0.717, 1.165) is 30.0 Å². The fraction of sp³-hybridized carbons (Fsp3) is 0.360. The van der Waals surface area contributed by atoms with Gasteiger partial charge in [0.15, 0.2) is 17.2 Å². The zero-order chi connectivity index (χ0) is 24.3. The van der Waals surface area contributed by atoms with Crippen molar-refractivity contribution in [1.29, 1.82) is 0 Å². The number of fused-ring (bicyclic) bond motifs is 3. The van der Waals surface area contributed by atoms with Crippen LogP contribution < -0.4 is 20.3 Å². The van der Waals surface area contributed by atoms with Crippen molar-refractivity contribution in [2.24, 2.45) is 0 Å². The number of benzene rings is 1. The number of ether oxygens (including phenoxy) is 1. The molecule has 2 bridgehead atoms. The van der Waals surface area contributed by atoms with Crippen LogP contribution in [0.15, 0.2) is 42.7 Å². The molecule has 1 aromatic carbocycles. The molecule has 0 spiro atoms. The molecule has 0 radical (unpaired) electrons. The molecule has 180 valence electrons. The van der Waals surface area contributed by atoms with Crippen molar-refractivity contribution in [2.75, 3.05) is 35.7 Å². The highest BCUT2D eigenvalue weighted by molar-refractivity contribution is 6.33. The summed E-state index contributed by atoms with van der Waals surface area (Å²) >= 11 is 6.69. The van der Waals surface area contributed by atoms with E-state index in [2.05, 4.69) is 48.5 Å². The number of hydrogen-bond acceptors (Lipinski definition) is 8. The molecule has 0 aliphatic carbocycles. The van der Waals surface area contributed by atoms with Crippen molar-refractivity contribution in [3.8, 4) is 17.0 Å². The number of nitrogens with zero attached hydrogens (tertiary/aromatic N) is 5. The molecule has 2 saturated heterocycles. The number of likely N-dealkylation sites (N-methyl/N-ethyl adjacent to an activating group) is 1. The molecule has 10 heteroatoms. The van der Waals surface area contributed by atoms with Gasteiger partial charge >= 0.3 is 0 Å². The summed E-state index contributed by atoms with van der Waals surface area (Å²) in [6.07, 6.45) is 4.53. The van der Waals surface area contributed by atoms with Crippen LogP contribution in [0.25, 0.3) is 11.3 Å². The summed E-state index contributed by atoms with van der Waals surface area (Å²) in [5.41, 5.74) is 2.35. The van der Waals surface area contributed by atoms with Crippen LogP contribution in [-0.4, -0.2) is 63.6 Å². The van der Waals surface area contributed by atoms with E-state index in [-0.39, 0.29) is 5.91 Å². The van der Waals surface area contributed by atoms with Gasteiger partial charge in [0.2, 0.25) is 5.95 Å². The lowest BCUT2D eigenvalue weighted by Gasteiger charge is -2.34. The van der Waals surface area contributed by atoms with Crippen molar-refractivity contribution in [3.63, 3.8) is 0 Å². The molecule has 3 aliphatic rings. The van der Waals surface area contributed by atoms with Crippen molar-refractivity contribution in [1.82, 2.24) is 19.9 Å². The molecule has 6 rings (SSSR count). The molecule has 5 heterocycles. The summed E-state index contributed by atoms with van der Waals surface area (Å²) in [7, 11) is 2.19. The summed E-state index contributed by atoms with van der Waals surface area (Å²) in [6.45, 7) is 5.52. The number of likely N-dealkylation sites (tertiary alicyclic amines) is 1. The molecule has 2 unspecified atom stereocenters. The summed E-state index contributed by atoms with van der Waals surface area (Å²) < 4.78 is 5.86. The Kier molecular flexibility index (Phi) is 5.08. The van der Waals surface area contributed by atoms with Crippen molar-refractivity contribution in [2.45, 2.75) is 38.0 Å². The van der Waals surface area contributed by atoms with Gasteiger partial charge in [0.05, 0.1) is 16.4 Å². The standard InChI is InChI=1S/C25H26ClN7O2/c1-25(2)23(34)31-22-21(35-25)8-14(11-28-22)19-6-7-27-24(30-19)29-15-4-5-20(18(26)9-15)33-13-16-10-17(33)12-32(16)3/h4-9,11,16-17H,10,12-13H2,1-3H3,(H,27,29,30)(H,28,31,34). The third kappa shape index (κ3) is 3.94. The minimum absolute atomic E-state index is 0.229. The average molecular weight is 492 g/mol. The van der Waals surface area contributed by atoms with Gasteiger partial charge in [0.1, 0.15) is 0 Å². The van der Waals surface area contributed by atoms with E-state index in [1.165, 1.54) is 6.42 Å². The lowest BCUT2D eigenvalue weighted by atomic mass is 10.1. The zero-order valence-corrected chi connectivity index (χ0v) is 20.5. The van der Waals surface area contributed by atoms with Crippen LogP contribution in [-0.2, 0) is 4.79 Å². The fourth-order valence-electron chi connectivity index (χ4n) is 5.02. The average Bonchev–Trinajstić information content (AvgIpc) is 3.39. The molecule has 1 amide bonds.